The first-order chi connectivity index (χ1) is 22.6. The number of hydrogen-bond donors (Lipinski definition) is 10. The molecule has 0 bridgehead atoms. The van der Waals surface area contributed by atoms with E-state index >= 15 is 0 Å². The monoisotopic (exact) mass is 688 g/mol. The number of aliphatic hydroxyl groups is 1. The Bertz CT molecular complexity index is 1090. The van der Waals surface area contributed by atoms with Gasteiger partial charge in [-0.25, -0.2) is 0 Å². The van der Waals surface area contributed by atoms with E-state index in [0.29, 0.717) is 45.2 Å². The molecule has 0 aromatic heterocycles. The van der Waals surface area contributed by atoms with Gasteiger partial charge in [0.1, 0.15) is 18.1 Å². The zero-order valence-electron chi connectivity index (χ0n) is 28.3. The summed E-state index contributed by atoms with van der Waals surface area (Å²) in [6, 6.07) is -4.23. The number of carboxylic acids is 1. The van der Waals surface area contributed by atoms with E-state index in [1.165, 1.54) is 26.1 Å². The molecule has 0 fully saturated rings. The number of hydrogen-bond acceptors (Lipinski definition) is 10. The Morgan fingerprint density at radius 3 is 1.81 bits per heavy atom. The van der Waals surface area contributed by atoms with E-state index in [-0.39, 0.29) is 43.7 Å². The van der Waals surface area contributed by atoms with Gasteiger partial charge >= 0.3 is 0 Å². The first kappa shape index (κ1) is 43.6. The van der Waals surface area contributed by atoms with Gasteiger partial charge in [-0.1, -0.05) is 6.92 Å². The van der Waals surface area contributed by atoms with Crippen LogP contribution in [0.4, 0.5) is 0 Å². The van der Waals surface area contributed by atoms with Gasteiger partial charge in [-0.05, 0) is 51.9 Å². The lowest BCUT2D eigenvalue weighted by Crippen LogP contribution is -2.95. The highest BCUT2D eigenvalue weighted by Gasteiger charge is 2.27. The van der Waals surface area contributed by atoms with Crippen LogP contribution in [-0.2, 0) is 38.4 Å². The molecule has 0 aliphatic heterocycles. The van der Waals surface area contributed by atoms with E-state index in [0.717, 1.165) is 0 Å². The third kappa shape index (κ3) is 20.7. The summed E-state index contributed by atoms with van der Waals surface area (Å²) in [5.74, 6) is -5.06. The molecular weight excluding hydrogens is 634 g/mol. The van der Waals surface area contributed by atoms with Crippen molar-refractivity contribution in [2.24, 2.45) is 0 Å². The summed E-state index contributed by atoms with van der Waals surface area (Å²) in [6.07, 6.45) is 1.46. The zero-order chi connectivity index (χ0) is 36.6. The normalized spacial score (nSPS) is 13.8. The van der Waals surface area contributed by atoms with Crippen LogP contribution in [-0.4, -0.2) is 116 Å². The van der Waals surface area contributed by atoms with Crippen LogP contribution < -0.4 is 53.4 Å². The summed E-state index contributed by atoms with van der Waals surface area (Å²) in [5.41, 5.74) is 3.51. The number of carbonyl (C=O) groups excluding carboxylic acids is 8. The minimum atomic E-state index is -1.48. The van der Waals surface area contributed by atoms with Crippen molar-refractivity contribution in [3.05, 3.63) is 0 Å². The van der Waals surface area contributed by atoms with E-state index in [2.05, 4.69) is 43.0 Å². The highest BCUT2D eigenvalue weighted by molar-refractivity contribution is 5.93. The molecule has 48 heavy (non-hydrogen) atoms. The molecule has 274 valence electrons. The molecule has 0 saturated carbocycles. The molecule has 7 amide bonds. The van der Waals surface area contributed by atoms with Crippen molar-refractivity contribution in [3.8, 4) is 0 Å². The van der Waals surface area contributed by atoms with Crippen molar-refractivity contribution in [3.63, 3.8) is 0 Å². The van der Waals surface area contributed by atoms with Gasteiger partial charge in [-0.15, -0.1) is 0 Å². The minimum Gasteiger partial charge on any atom is -0.548 e. The van der Waals surface area contributed by atoms with Crippen LogP contribution in [0.1, 0.15) is 72.6 Å². The van der Waals surface area contributed by atoms with Gasteiger partial charge in [-0.3, -0.25) is 33.6 Å². The predicted molar refractivity (Wildman–Crippen MR) is 167 cm³/mol. The van der Waals surface area contributed by atoms with Crippen molar-refractivity contribution in [1.82, 2.24) is 37.2 Å². The lowest BCUT2D eigenvalue weighted by atomic mass is 10.1. The minimum absolute atomic E-state index is 0.0449. The summed E-state index contributed by atoms with van der Waals surface area (Å²) in [4.78, 5) is 95.5. The Labute approximate surface area is 280 Å². The number of carboxylic acid groups (broad SMARTS) is 1. The van der Waals surface area contributed by atoms with Crippen molar-refractivity contribution in [2.75, 3.05) is 32.7 Å². The quantitative estimate of drug-likeness (QED) is 0.0319. The Balaban J connectivity index is 4.94. The summed E-state index contributed by atoms with van der Waals surface area (Å²) in [6.45, 7) is 5.62. The second kappa shape index (κ2) is 24.8. The predicted octanol–water partition coefficient (Wildman–Crippen LogP) is -7.04. The molecule has 0 heterocycles. The molecule has 0 spiro atoms. The lowest BCUT2D eigenvalue weighted by Gasteiger charge is -2.24. The van der Waals surface area contributed by atoms with Gasteiger partial charge < -0.3 is 63.3 Å². The fourth-order valence-electron chi connectivity index (χ4n) is 4.27. The summed E-state index contributed by atoms with van der Waals surface area (Å²) < 4.78 is 0. The number of unbranched alkanes of at least 4 members (excludes halogenated alkanes) is 2. The fraction of sp³-hybridized carbons (Fsp3) is 0.724. The maximum atomic E-state index is 12.8. The maximum absolute atomic E-state index is 12.8. The first-order valence-corrected chi connectivity index (χ1v) is 16.1. The van der Waals surface area contributed by atoms with Crippen molar-refractivity contribution in [2.45, 2.75) is 103 Å². The second-order valence-corrected chi connectivity index (χ2v) is 11.2. The third-order valence-corrected chi connectivity index (χ3v) is 7.00. The Morgan fingerprint density at radius 1 is 0.729 bits per heavy atom. The molecular formula is C29H54N9O10+. The van der Waals surface area contributed by atoms with E-state index in [1.807, 2.05) is 0 Å². The van der Waals surface area contributed by atoms with Crippen molar-refractivity contribution in [1.29, 1.82) is 0 Å². The van der Waals surface area contributed by atoms with E-state index in [1.54, 1.807) is 6.92 Å². The second-order valence-electron chi connectivity index (χ2n) is 11.2. The molecule has 0 saturated heterocycles. The van der Waals surface area contributed by atoms with Crippen LogP contribution in [0.5, 0.6) is 0 Å². The Morgan fingerprint density at radius 2 is 1.29 bits per heavy atom. The molecule has 5 atom stereocenters. The molecule has 0 aromatic carbocycles. The van der Waals surface area contributed by atoms with Crippen LogP contribution in [0.3, 0.4) is 0 Å². The lowest BCUT2D eigenvalue weighted by molar-refractivity contribution is -0.717. The van der Waals surface area contributed by atoms with Gasteiger partial charge in [0.15, 0.2) is 13.1 Å². The molecule has 19 nitrogen and oxygen atoms in total. The number of aliphatic carboxylic acids is 1. The van der Waals surface area contributed by atoms with E-state index in [9.17, 15) is 48.6 Å². The van der Waals surface area contributed by atoms with Gasteiger partial charge in [0.2, 0.25) is 35.8 Å². The van der Waals surface area contributed by atoms with Crippen LogP contribution in [0.25, 0.3) is 0 Å². The summed E-state index contributed by atoms with van der Waals surface area (Å²) in [7, 11) is 0. The molecule has 0 unspecified atom stereocenters. The number of nitrogens with one attached hydrogen (secondary N) is 7. The van der Waals surface area contributed by atoms with Crippen LogP contribution in [0.2, 0.25) is 0 Å². The topological polar surface area (TPSA) is 308 Å². The number of nitrogens with two attached hydrogens (primary N) is 1. The molecule has 19 heteroatoms. The average Bonchev–Trinajstić information content (AvgIpc) is 3.02. The van der Waals surface area contributed by atoms with E-state index in [4.69, 9.17) is 0 Å². The highest BCUT2D eigenvalue weighted by atomic mass is 16.4. The zero-order valence-corrected chi connectivity index (χ0v) is 28.3. The molecule has 0 aliphatic carbocycles. The molecule has 13 N–H and O–H groups in total. The third-order valence-electron chi connectivity index (χ3n) is 7.00. The van der Waals surface area contributed by atoms with Gasteiger partial charge in [0.25, 0.3) is 11.8 Å². The Hall–Kier alpha value is -4.36. The smallest absolute Gasteiger partial charge is 0.275 e. The molecule has 0 radical (unpaired) electrons. The molecule has 0 rings (SSSR count). The SMILES string of the molecule is CC[C@H](NC(=O)[C@H](CCCCNC(C)=O)NC(=O)[C@H](C)NC(=O)CNC(=O)C[NH2+][C@H](O)[C@H](CCCCNC(C)=O)NC(=O)C[NH3+])C(=O)[O-]. The van der Waals surface area contributed by atoms with Crippen LogP contribution in [0.15, 0.2) is 0 Å². The average molecular weight is 689 g/mol. The number of carbonyl (C=O) groups is 8. The van der Waals surface area contributed by atoms with Gasteiger partial charge in [0, 0.05) is 26.9 Å². The number of amides is 7. The van der Waals surface area contributed by atoms with Crippen LogP contribution >= 0.6 is 0 Å². The van der Waals surface area contributed by atoms with Gasteiger partial charge in [-0.2, -0.15) is 0 Å². The van der Waals surface area contributed by atoms with E-state index < -0.39 is 66.5 Å². The number of aliphatic hydroxyl groups excluding tert-OH is 1. The Kier molecular flexibility index (Phi) is 22.5. The maximum Gasteiger partial charge on any atom is 0.275 e. The number of rotatable bonds is 25. The van der Waals surface area contributed by atoms with Crippen molar-refractivity contribution < 1.29 is 59.6 Å². The first-order valence-electron chi connectivity index (χ1n) is 16.1. The standard InChI is InChI=1S/C29H53N9O10/c1-5-20(29(47)48)37-28(46)22(11-7-9-13-32-19(4)40)38-26(44)17(2)35-25(43)16-33-24(42)15-34-27(45)21(36-23(41)14-30)10-6-8-12-31-18(3)39/h17,20-22,27,34,45H,5-16,30H2,1-4H3,(H,31,39)(H,32,40)(H,33,42)(H,35,43)(H,36,41)(H,37,46)(H,38,44)(H,47,48)/p+1/t17-,20-,21-,22-,27+/m0/s1. The largest absolute Gasteiger partial charge is 0.548 e. The van der Waals surface area contributed by atoms with Gasteiger partial charge in [0.05, 0.1) is 18.6 Å². The molecule has 0 aromatic rings. The van der Waals surface area contributed by atoms with Crippen molar-refractivity contribution >= 4 is 47.3 Å². The highest BCUT2D eigenvalue weighted by Crippen LogP contribution is 2.04. The number of quaternary nitrogens is 2. The fourth-order valence-corrected chi connectivity index (χ4v) is 4.27. The molecule has 0 aliphatic rings. The van der Waals surface area contributed by atoms with Crippen LogP contribution in [0, 0.1) is 0 Å². The summed E-state index contributed by atoms with van der Waals surface area (Å²) >= 11 is 0. The summed E-state index contributed by atoms with van der Waals surface area (Å²) in [5, 5.41) is 40.7.